The minimum absolute atomic E-state index is 0.172. The van der Waals surface area contributed by atoms with E-state index in [1.165, 1.54) is 0 Å². The van der Waals surface area contributed by atoms with Gasteiger partial charge in [-0.05, 0) is 12.5 Å². The number of anilines is 1. The molecule has 0 bridgehead atoms. The van der Waals surface area contributed by atoms with Crippen LogP contribution in [-0.4, -0.2) is 23.1 Å². The zero-order valence-electron chi connectivity index (χ0n) is 7.25. The van der Waals surface area contributed by atoms with Crippen LogP contribution in [0.2, 0.25) is 0 Å². The Bertz CT molecular complexity index is 333. The number of nitrogens with zero attached hydrogens (tertiary/aromatic N) is 3. The summed E-state index contributed by atoms with van der Waals surface area (Å²) < 4.78 is 36.7. The van der Waals surface area contributed by atoms with Gasteiger partial charge in [-0.15, -0.1) is 0 Å². The van der Waals surface area contributed by atoms with Crippen LogP contribution in [0.5, 0.6) is 0 Å². The van der Waals surface area contributed by atoms with Crippen LogP contribution in [0, 0.1) is 0 Å². The first kappa shape index (κ1) is 9.23. The second kappa shape index (κ2) is 3.11. The van der Waals surface area contributed by atoms with Gasteiger partial charge in [-0.2, -0.15) is 13.2 Å². The molecule has 0 saturated carbocycles. The number of alkyl halides is 3. The normalized spacial score (nSPS) is 16.6. The first-order valence-corrected chi connectivity index (χ1v) is 4.22. The van der Waals surface area contributed by atoms with Crippen LogP contribution in [0.25, 0.3) is 0 Å². The van der Waals surface area contributed by atoms with Gasteiger partial charge in [-0.1, -0.05) is 0 Å². The Morgan fingerprint density at radius 3 is 2.50 bits per heavy atom. The van der Waals surface area contributed by atoms with E-state index in [9.17, 15) is 13.2 Å². The third kappa shape index (κ3) is 1.64. The van der Waals surface area contributed by atoms with Gasteiger partial charge in [0.05, 0.1) is 0 Å². The van der Waals surface area contributed by atoms with Crippen molar-refractivity contribution in [3.8, 4) is 0 Å². The van der Waals surface area contributed by atoms with Gasteiger partial charge in [0.15, 0.2) is 0 Å². The first-order valence-electron chi connectivity index (χ1n) is 4.22. The number of halogens is 3. The van der Waals surface area contributed by atoms with Gasteiger partial charge in [0, 0.05) is 19.3 Å². The van der Waals surface area contributed by atoms with E-state index in [1.54, 1.807) is 4.90 Å². The van der Waals surface area contributed by atoms with Crippen molar-refractivity contribution in [2.24, 2.45) is 0 Å². The van der Waals surface area contributed by atoms with E-state index >= 15 is 0 Å². The topological polar surface area (TPSA) is 29.0 Å². The minimum Gasteiger partial charge on any atom is -0.341 e. The zero-order chi connectivity index (χ0) is 10.2. The molecule has 0 atom stereocenters. The standard InChI is InChI=1S/C8H8F3N3/c9-8(10,11)6-2-3-12-7(13-6)14-4-1-5-14/h2-3H,1,4-5H2. The molecule has 2 rings (SSSR count). The van der Waals surface area contributed by atoms with Gasteiger partial charge in [-0.3, -0.25) is 0 Å². The molecular formula is C8H8F3N3. The number of aromatic nitrogens is 2. The lowest BCUT2D eigenvalue weighted by Crippen LogP contribution is -2.38. The summed E-state index contributed by atoms with van der Waals surface area (Å²) in [5.74, 6) is 0.172. The molecule has 1 aromatic rings. The van der Waals surface area contributed by atoms with Gasteiger partial charge >= 0.3 is 6.18 Å². The van der Waals surface area contributed by atoms with Crippen LogP contribution in [0.4, 0.5) is 19.1 Å². The Hall–Kier alpha value is -1.33. The SMILES string of the molecule is FC(F)(F)c1ccnc(N2CCC2)n1. The van der Waals surface area contributed by atoms with Crippen LogP contribution in [0.15, 0.2) is 12.3 Å². The molecule has 0 N–H and O–H groups in total. The van der Waals surface area contributed by atoms with E-state index in [0.717, 1.165) is 31.8 Å². The molecule has 6 heteroatoms. The summed E-state index contributed by atoms with van der Waals surface area (Å²) >= 11 is 0. The predicted octanol–water partition coefficient (Wildman–Crippen LogP) is 1.71. The van der Waals surface area contributed by atoms with Gasteiger partial charge in [0.2, 0.25) is 5.95 Å². The van der Waals surface area contributed by atoms with Crippen LogP contribution in [0.3, 0.4) is 0 Å². The van der Waals surface area contributed by atoms with Crippen molar-refractivity contribution in [1.82, 2.24) is 9.97 Å². The molecule has 1 saturated heterocycles. The highest BCUT2D eigenvalue weighted by molar-refractivity contribution is 5.33. The van der Waals surface area contributed by atoms with Gasteiger partial charge in [0.1, 0.15) is 5.69 Å². The minimum atomic E-state index is -4.39. The van der Waals surface area contributed by atoms with Crippen molar-refractivity contribution in [2.75, 3.05) is 18.0 Å². The Morgan fingerprint density at radius 1 is 1.29 bits per heavy atom. The van der Waals surface area contributed by atoms with E-state index in [1.807, 2.05) is 0 Å². The molecule has 1 fully saturated rings. The van der Waals surface area contributed by atoms with E-state index < -0.39 is 11.9 Å². The van der Waals surface area contributed by atoms with Crippen molar-refractivity contribution in [3.05, 3.63) is 18.0 Å². The van der Waals surface area contributed by atoms with Crippen molar-refractivity contribution >= 4 is 5.95 Å². The van der Waals surface area contributed by atoms with Crippen molar-refractivity contribution in [2.45, 2.75) is 12.6 Å². The maximum Gasteiger partial charge on any atom is 0.433 e. The molecule has 76 valence electrons. The lowest BCUT2D eigenvalue weighted by Gasteiger charge is -2.30. The smallest absolute Gasteiger partial charge is 0.341 e. The second-order valence-corrected chi connectivity index (χ2v) is 3.08. The Kier molecular flexibility index (Phi) is 2.05. The molecule has 1 aliphatic rings. The molecule has 0 radical (unpaired) electrons. The fourth-order valence-corrected chi connectivity index (χ4v) is 1.17. The summed E-state index contributed by atoms with van der Waals surface area (Å²) in [7, 11) is 0. The number of hydrogen-bond donors (Lipinski definition) is 0. The quantitative estimate of drug-likeness (QED) is 0.695. The Morgan fingerprint density at radius 2 is 2.00 bits per heavy atom. The number of rotatable bonds is 1. The van der Waals surface area contributed by atoms with E-state index in [0.29, 0.717) is 0 Å². The van der Waals surface area contributed by atoms with Gasteiger partial charge in [0.25, 0.3) is 0 Å². The monoisotopic (exact) mass is 203 g/mol. The summed E-state index contributed by atoms with van der Waals surface area (Å²) in [5, 5.41) is 0. The Labute approximate surface area is 78.6 Å². The van der Waals surface area contributed by atoms with Crippen LogP contribution in [0.1, 0.15) is 12.1 Å². The number of hydrogen-bond acceptors (Lipinski definition) is 3. The third-order valence-electron chi connectivity index (χ3n) is 2.07. The average molecular weight is 203 g/mol. The molecule has 0 spiro atoms. The predicted molar refractivity (Wildman–Crippen MR) is 43.9 cm³/mol. The molecular weight excluding hydrogens is 195 g/mol. The molecule has 0 aromatic carbocycles. The molecule has 3 nitrogen and oxygen atoms in total. The summed E-state index contributed by atoms with van der Waals surface area (Å²) in [6, 6.07) is 0.878. The van der Waals surface area contributed by atoms with Crippen LogP contribution >= 0.6 is 0 Å². The van der Waals surface area contributed by atoms with Gasteiger partial charge < -0.3 is 4.90 Å². The van der Waals surface area contributed by atoms with E-state index in [4.69, 9.17) is 0 Å². The first-order chi connectivity index (χ1) is 6.57. The third-order valence-corrected chi connectivity index (χ3v) is 2.07. The van der Waals surface area contributed by atoms with Crippen molar-refractivity contribution in [3.63, 3.8) is 0 Å². The highest BCUT2D eigenvalue weighted by Gasteiger charge is 2.33. The van der Waals surface area contributed by atoms with Crippen molar-refractivity contribution in [1.29, 1.82) is 0 Å². The summed E-state index contributed by atoms with van der Waals surface area (Å²) in [5.41, 5.74) is -0.880. The molecule has 0 unspecified atom stereocenters. The fraction of sp³-hybridized carbons (Fsp3) is 0.500. The van der Waals surface area contributed by atoms with Crippen LogP contribution in [-0.2, 0) is 6.18 Å². The lowest BCUT2D eigenvalue weighted by molar-refractivity contribution is -0.141. The molecule has 1 aromatic heterocycles. The summed E-state index contributed by atoms with van der Waals surface area (Å²) in [6.45, 7) is 1.47. The van der Waals surface area contributed by atoms with Gasteiger partial charge in [-0.25, -0.2) is 9.97 Å². The molecule has 0 aliphatic carbocycles. The summed E-state index contributed by atoms with van der Waals surface area (Å²) in [4.78, 5) is 8.96. The maximum atomic E-state index is 12.2. The highest BCUT2D eigenvalue weighted by atomic mass is 19.4. The highest BCUT2D eigenvalue weighted by Crippen LogP contribution is 2.28. The van der Waals surface area contributed by atoms with E-state index in [-0.39, 0.29) is 5.95 Å². The zero-order valence-corrected chi connectivity index (χ0v) is 7.25. The van der Waals surface area contributed by atoms with Crippen molar-refractivity contribution < 1.29 is 13.2 Å². The second-order valence-electron chi connectivity index (χ2n) is 3.08. The van der Waals surface area contributed by atoms with Crippen LogP contribution < -0.4 is 4.90 Å². The average Bonchev–Trinajstić information content (AvgIpc) is 2.00. The Balaban J connectivity index is 2.26. The molecule has 14 heavy (non-hydrogen) atoms. The maximum absolute atomic E-state index is 12.2. The molecule has 2 heterocycles. The fourth-order valence-electron chi connectivity index (χ4n) is 1.17. The summed E-state index contributed by atoms with van der Waals surface area (Å²) in [6.07, 6.45) is -2.26. The largest absolute Gasteiger partial charge is 0.433 e. The van der Waals surface area contributed by atoms with E-state index in [2.05, 4.69) is 9.97 Å². The molecule has 0 amide bonds. The lowest BCUT2D eigenvalue weighted by atomic mass is 10.2. The molecule has 1 aliphatic heterocycles.